The highest BCUT2D eigenvalue weighted by molar-refractivity contribution is 7.92. The van der Waals surface area contributed by atoms with E-state index in [2.05, 4.69) is 5.32 Å². The predicted molar refractivity (Wildman–Crippen MR) is 105 cm³/mol. The van der Waals surface area contributed by atoms with Crippen molar-refractivity contribution < 1.29 is 17.9 Å². The van der Waals surface area contributed by atoms with Gasteiger partial charge in [0.25, 0.3) is 15.9 Å². The molecule has 1 N–H and O–H groups in total. The highest BCUT2D eigenvalue weighted by Crippen LogP contribution is 2.33. The number of anilines is 1. The molecular weight excluding hydrogens is 388 g/mol. The number of ether oxygens (including phenoxy) is 1. The molecular formula is C19H21ClN2O4S. The van der Waals surface area contributed by atoms with Crippen LogP contribution in [0, 0.1) is 0 Å². The number of hydrogen-bond donors (Lipinski definition) is 1. The molecule has 27 heavy (non-hydrogen) atoms. The Morgan fingerprint density at radius 2 is 1.96 bits per heavy atom. The summed E-state index contributed by atoms with van der Waals surface area (Å²) < 4.78 is 32.3. The zero-order chi connectivity index (χ0) is 19.6. The average molecular weight is 409 g/mol. The molecule has 0 saturated carbocycles. The summed E-state index contributed by atoms with van der Waals surface area (Å²) in [5.41, 5.74) is 1.94. The zero-order valence-electron chi connectivity index (χ0n) is 15.1. The van der Waals surface area contributed by atoms with Gasteiger partial charge in [0, 0.05) is 30.3 Å². The largest absolute Gasteiger partial charge is 0.383 e. The molecule has 0 aromatic heterocycles. The summed E-state index contributed by atoms with van der Waals surface area (Å²) in [7, 11) is -2.09. The fourth-order valence-corrected chi connectivity index (χ4v) is 4.72. The molecule has 0 aliphatic carbocycles. The van der Waals surface area contributed by atoms with Crippen molar-refractivity contribution in [3.63, 3.8) is 0 Å². The van der Waals surface area contributed by atoms with E-state index in [1.165, 1.54) is 16.4 Å². The van der Waals surface area contributed by atoms with E-state index in [0.29, 0.717) is 35.8 Å². The maximum atomic E-state index is 12.9. The molecule has 1 aliphatic heterocycles. The molecule has 6 nitrogen and oxygen atoms in total. The molecule has 2 aromatic rings. The van der Waals surface area contributed by atoms with Crippen molar-refractivity contribution in [2.24, 2.45) is 0 Å². The van der Waals surface area contributed by atoms with Crippen LogP contribution < -0.4 is 9.62 Å². The van der Waals surface area contributed by atoms with Crippen LogP contribution in [-0.4, -0.2) is 40.6 Å². The van der Waals surface area contributed by atoms with Gasteiger partial charge in [0.1, 0.15) is 0 Å². The minimum atomic E-state index is -3.67. The fourth-order valence-electron chi connectivity index (χ4n) is 3.09. The first kappa shape index (κ1) is 19.7. The zero-order valence-corrected chi connectivity index (χ0v) is 16.7. The van der Waals surface area contributed by atoms with Gasteiger partial charge in [0.05, 0.1) is 17.2 Å². The Kier molecular flexibility index (Phi) is 5.74. The van der Waals surface area contributed by atoms with Crippen LogP contribution in [0.2, 0.25) is 5.02 Å². The molecule has 2 aromatic carbocycles. The topological polar surface area (TPSA) is 75.7 Å². The van der Waals surface area contributed by atoms with Crippen LogP contribution in [0.3, 0.4) is 0 Å². The van der Waals surface area contributed by atoms with Crippen LogP contribution in [0.4, 0.5) is 5.69 Å². The second kappa shape index (κ2) is 7.88. The Morgan fingerprint density at radius 1 is 1.26 bits per heavy atom. The molecule has 1 aliphatic rings. The number of hydrogen-bond acceptors (Lipinski definition) is 4. The SMILES string of the molecule is COCC(C)NC(=O)c1ccc2c(c1)CCN2S(=O)(=O)c1ccc(Cl)cc1. The maximum Gasteiger partial charge on any atom is 0.264 e. The average Bonchev–Trinajstić information content (AvgIpc) is 3.06. The maximum absolute atomic E-state index is 12.9. The van der Waals surface area contributed by atoms with E-state index < -0.39 is 10.0 Å². The smallest absolute Gasteiger partial charge is 0.264 e. The molecule has 144 valence electrons. The minimum Gasteiger partial charge on any atom is -0.383 e. The minimum absolute atomic E-state index is 0.113. The van der Waals surface area contributed by atoms with Gasteiger partial charge in [-0.25, -0.2) is 8.42 Å². The Morgan fingerprint density at radius 3 is 2.63 bits per heavy atom. The van der Waals surface area contributed by atoms with E-state index in [4.69, 9.17) is 16.3 Å². The molecule has 8 heteroatoms. The first-order valence-electron chi connectivity index (χ1n) is 8.54. The van der Waals surface area contributed by atoms with Gasteiger partial charge in [0.2, 0.25) is 0 Å². The van der Waals surface area contributed by atoms with Crippen LogP contribution in [0.15, 0.2) is 47.4 Å². The molecule has 1 atom stereocenters. The summed E-state index contributed by atoms with van der Waals surface area (Å²) in [5, 5.41) is 3.33. The Labute approximate surface area is 164 Å². The predicted octanol–water partition coefficient (Wildman–Crippen LogP) is 2.86. The molecule has 0 spiro atoms. The third-order valence-corrected chi connectivity index (χ3v) is 6.47. The number of fused-ring (bicyclic) bond motifs is 1. The first-order valence-corrected chi connectivity index (χ1v) is 10.4. The van der Waals surface area contributed by atoms with Gasteiger partial charge in [-0.15, -0.1) is 0 Å². The molecule has 1 amide bonds. The van der Waals surface area contributed by atoms with Crippen LogP contribution in [0.5, 0.6) is 0 Å². The standard InChI is InChI=1S/C19H21ClN2O4S/c1-13(12-26-2)21-19(23)15-3-8-18-14(11-15)9-10-22(18)27(24,25)17-6-4-16(20)5-7-17/h3-8,11,13H,9-10,12H2,1-2H3,(H,21,23). The van der Waals surface area contributed by atoms with Crippen molar-refractivity contribution in [2.45, 2.75) is 24.3 Å². The third kappa shape index (κ3) is 4.10. The van der Waals surface area contributed by atoms with Crippen molar-refractivity contribution in [3.8, 4) is 0 Å². The van der Waals surface area contributed by atoms with E-state index >= 15 is 0 Å². The van der Waals surface area contributed by atoms with Gasteiger partial charge in [-0.2, -0.15) is 0 Å². The number of nitrogens with one attached hydrogen (secondary N) is 1. The van der Waals surface area contributed by atoms with Crippen LogP contribution in [0.1, 0.15) is 22.8 Å². The molecule has 3 rings (SSSR count). The summed E-state index contributed by atoms with van der Waals surface area (Å²) in [6.07, 6.45) is 0.552. The number of benzene rings is 2. The lowest BCUT2D eigenvalue weighted by molar-refractivity contribution is 0.0905. The molecule has 1 unspecified atom stereocenters. The van der Waals surface area contributed by atoms with Gasteiger partial charge >= 0.3 is 0 Å². The number of rotatable bonds is 6. The Bertz CT molecular complexity index is 945. The van der Waals surface area contributed by atoms with Gasteiger partial charge in [0.15, 0.2) is 0 Å². The second-order valence-corrected chi connectivity index (χ2v) is 8.75. The molecule has 0 bridgehead atoms. The Hall–Kier alpha value is -2.09. The van der Waals surface area contributed by atoms with E-state index in [-0.39, 0.29) is 16.8 Å². The molecule has 0 fully saturated rings. The summed E-state index contributed by atoms with van der Waals surface area (Å²) in [6, 6.07) is 11.1. The summed E-state index contributed by atoms with van der Waals surface area (Å²) in [5.74, 6) is -0.207. The van der Waals surface area contributed by atoms with Crippen LogP contribution in [-0.2, 0) is 21.2 Å². The second-order valence-electron chi connectivity index (χ2n) is 6.45. The first-order chi connectivity index (χ1) is 12.8. The highest BCUT2D eigenvalue weighted by atomic mass is 35.5. The monoisotopic (exact) mass is 408 g/mol. The lowest BCUT2D eigenvalue weighted by Gasteiger charge is -2.20. The van der Waals surface area contributed by atoms with Crippen LogP contribution in [0.25, 0.3) is 0 Å². The number of halogens is 1. The van der Waals surface area contributed by atoms with Crippen molar-refractivity contribution >= 4 is 33.2 Å². The van der Waals surface area contributed by atoms with Crippen molar-refractivity contribution in [3.05, 3.63) is 58.6 Å². The molecule has 0 radical (unpaired) electrons. The summed E-state index contributed by atoms with van der Waals surface area (Å²) in [4.78, 5) is 12.5. The van der Waals surface area contributed by atoms with Crippen molar-refractivity contribution in [1.82, 2.24) is 5.32 Å². The Balaban J connectivity index is 1.84. The normalized spacial score (nSPS) is 14.7. The number of methoxy groups -OCH3 is 1. The van der Waals surface area contributed by atoms with E-state index in [1.807, 2.05) is 6.92 Å². The molecule has 0 saturated heterocycles. The van der Waals surface area contributed by atoms with Gasteiger partial charge in [-0.05, 0) is 61.4 Å². The number of carbonyl (C=O) groups is 1. The number of nitrogens with zero attached hydrogens (tertiary/aromatic N) is 1. The lowest BCUT2D eigenvalue weighted by Crippen LogP contribution is -2.35. The summed E-state index contributed by atoms with van der Waals surface area (Å²) >= 11 is 5.85. The van der Waals surface area contributed by atoms with Crippen molar-refractivity contribution in [2.75, 3.05) is 24.6 Å². The number of sulfonamides is 1. The quantitative estimate of drug-likeness (QED) is 0.797. The van der Waals surface area contributed by atoms with Gasteiger partial charge in [-0.1, -0.05) is 11.6 Å². The van der Waals surface area contributed by atoms with Gasteiger partial charge < -0.3 is 10.1 Å². The molecule has 1 heterocycles. The van der Waals surface area contributed by atoms with Gasteiger partial charge in [-0.3, -0.25) is 9.10 Å². The fraction of sp³-hybridized carbons (Fsp3) is 0.316. The lowest BCUT2D eigenvalue weighted by atomic mass is 10.1. The van der Waals surface area contributed by atoms with E-state index in [0.717, 1.165) is 5.56 Å². The number of carbonyl (C=O) groups excluding carboxylic acids is 1. The van der Waals surface area contributed by atoms with E-state index in [9.17, 15) is 13.2 Å². The summed E-state index contributed by atoms with van der Waals surface area (Å²) in [6.45, 7) is 2.62. The van der Waals surface area contributed by atoms with E-state index in [1.54, 1.807) is 37.4 Å². The highest BCUT2D eigenvalue weighted by Gasteiger charge is 2.31. The number of amides is 1. The van der Waals surface area contributed by atoms with Crippen molar-refractivity contribution in [1.29, 1.82) is 0 Å². The third-order valence-electron chi connectivity index (χ3n) is 4.39. The van der Waals surface area contributed by atoms with Crippen LogP contribution >= 0.6 is 11.6 Å².